The van der Waals surface area contributed by atoms with Gasteiger partial charge < -0.3 is 10.4 Å². The minimum absolute atomic E-state index is 0.103. The molecule has 0 aromatic heterocycles. The van der Waals surface area contributed by atoms with Crippen molar-refractivity contribution >= 4 is 11.7 Å². The van der Waals surface area contributed by atoms with E-state index in [4.69, 9.17) is 0 Å². The largest absolute Gasteiger partial charge is 0.385 e. The van der Waals surface area contributed by atoms with E-state index < -0.39 is 11.6 Å². The average Bonchev–Trinajstić information content (AvgIpc) is 2.63. The van der Waals surface area contributed by atoms with Crippen LogP contribution in [0.3, 0.4) is 0 Å². The lowest BCUT2D eigenvalue weighted by Crippen LogP contribution is -2.35. The molecule has 0 radical (unpaired) electrons. The summed E-state index contributed by atoms with van der Waals surface area (Å²) in [6.45, 7) is 4.26. The molecule has 0 spiro atoms. The Balaban J connectivity index is 0.000000228. The van der Waals surface area contributed by atoms with Crippen LogP contribution in [0.4, 0.5) is 4.39 Å². The van der Waals surface area contributed by atoms with Gasteiger partial charge in [0, 0.05) is 13.0 Å². The van der Waals surface area contributed by atoms with Crippen LogP contribution in [0.25, 0.3) is 0 Å². The van der Waals surface area contributed by atoms with Crippen LogP contribution < -0.4 is 5.32 Å². The Morgan fingerprint density at radius 1 is 1.38 bits per heavy atom. The molecule has 2 N–H and O–H groups in total. The lowest BCUT2D eigenvalue weighted by molar-refractivity contribution is -0.116. The van der Waals surface area contributed by atoms with Crippen LogP contribution in [0, 0.1) is 12.7 Å². The predicted molar refractivity (Wildman–Crippen MR) is 98.8 cm³/mol. The van der Waals surface area contributed by atoms with Crippen molar-refractivity contribution in [3.05, 3.63) is 65.0 Å². The van der Waals surface area contributed by atoms with Crippen molar-refractivity contribution in [2.75, 3.05) is 6.54 Å². The molecule has 138 valence electrons. The third-order valence-electron chi connectivity index (χ3n) is 4.68. The molecule has 0 amide bonds. The van der Waals surface area contributed by atoms with Crippen molar-refractivity contribution in [2.24, 2.45) is 0 Å². The van der Waals surface area contributed by atoms with Crippen LogP contribution in [0.1, 0.15) is 43.4 Å². The summed E-state index contributed by atoms with van der Waals surface area (Å²) in [7, 11) is 0. The number of piperidine rings is 1. The van der Waals surface area contributed by atoms with Crippen LogP contribution in [-0.4, -0.2) is 29.0 Å². The predicted octanol–water partition coefficient (Wildman–Crippen LogP) is 3.14. The first-order valence-electron chi connectivity index (χ1n) is 8.74. The highest BCUT2D eigenvalue weighted by Crippen LogP contribution is 2.27. The number of benzene rings is 1. The summed E-state index contributed by atoms with van der Waals surface area (Å²) in [4.78, 5) is 22.4. The number of carbonyl (C=O) groups excluding carboxylic acids is 2. The molecule has 26 heavy (non-hydrogen) atoms. The maximum atomic E-state index is 13.0. The molecule has 2 unspecified atom stereocenters. The normalized spacial score (nSPS) is 24.7. The van der Waals surface area contributed by atoms with E-state index in [1.165, 1.54) is 12.1 Å². The van der Waals surface area contributed by atoms with Gasteiger partial charge in [0.25, 0.3) is 0 Å². The number of aryl methyl sites for hydroxylation is 1. The fraction of sp³-hybridized carbons (Fsp3) is 0.381. The first-order valence-corrected chi connectivity index (χ1v) is 8.74. The van der Waals surface area contributed by atoms with Gasteiger partial charge in [-0.2, -0.15) is 0 Å². The van der Waals surface area contributed by atoms with E-state index in [1.807, 2.05) is 31.2 Å². The number of ketones is 1. The topological polar surface area (TPSA) is 66.4 Å². The second kappa shape index (κ2) is 8.86. The number of Topliss-reactive ketones (excluding diaryl/α,β-unsaturated/α-hetero) is 1. The van der Waals surface area contributed by atoms with Crippen LogP contribution in [0.5, 0.6) is 0 Å². The van der Waals surface area contributed by atoms with E-state index in [1.54, 1.807) is 18.9 Å². The fourth-order valence-electron chi connectivity index (χ4n) is 2.99. The highest BCUT2D eigenvalue weighted by molar-refractivity contribution is 6.04. The van der Waals surface area contributed by atoms with E-state index in [0.717, 1.165) is 18.4 Å². The summed E-state index contributed by atoms with van der Waals surface area (Å²) in [5.41, 5.74) is 1.02. The van der Waals surface area contributed by atoms with Gasteiger partial charge in [0.05, 0.1) is 11.6 Å². The molecule has 1 aliphatic carbocycles. The first kappa shape index (κ1) is 20.0. The number of hydrogen-bond acceptors (Lipinski definition) is 4. The quantitative estimate of drug-likeness (QED) is 0.630. The highest BCUT2D eigenvalue weighted by atomic mass is 19.1. The van der Waals surface area contributed by atoms with Crippen LogP contribution in [0.2, 0.25) is 0 Å². The summed E-state index contributed by atoms with van der Waals surface area (Å²) in [5, 5.41) is 12.6. The van der Waals surface area contributed by atoms with Gasteiger partial charge in [-0.25, -0.2) is 9.18 Å². The molecule has 1 heterocycles. The van der Waals surface area contributed by atoms with Gasteiger partial charge >= 0.3 is 0 Å². The smallest absolute Gasteiger partial charge is 0.173 e. The van der Waals surface area contributed by atoms with Crippen molar-refractivity contribution < 1.29 is 19.1 Å². The average molecular weight is 357 g/mol. The second-order valence-corrected chi connectivity index (χ2v) is 6.53. The molecular weight excluding hydrogens is 333 g/mol. The molecule has 1 aliphatic heterocycles. The molecule has 3 rings (SSSR count). The zero-order chi connectivity index (χ0) is 19.2. The fourth-order valence-corrected chi connectivity index (χ4v) is 2.99. The van der Waals surface area contributed by atoms with Crippen molar-refractivity contribution in [1.29, 1.82) is 0 Å². The standard InChI is InChI=1S/C13H12FNO2.C8H12O/c1-8-6-9(14)2-3-10(8)13-11(7-16)12(17)4-5-15-13;1-2-8(9)6-4-3-5-7-8/h2-3,6,13,15H,4-5H2,1H3;3-6,9H,2,7H2,1H3. The zero-order valence-electron chi connectivity index (χ0n) is 15.1. The number of halogens is 1. The molecule has 1 fully saturated rings. The molecular formula is C21H24FNO3. The summed E-state index contributed by atoms with van der Waals surface area (Å²) in [5.74, 6) is 1.19. The van der Waals surface area contributed by atoms with Gasteiger partial charge in [-0.3, -0.25) is 4.79 Å². The lowest BCUT2D eigenvalue weighted by Gasteiger charge is -2.25. The molecule has 5 heteroatoms. The second-order valence-electron chi connectivity index (χ2n) is 6.53. The minimum Gasteiger partial charge on any atom is -0.385 e. The monoisotopic (exact) mass is 357 g/mol. The summed E-state index contributed by atoms with van der Waals surface area (Å²) < 4.78 is 13.0. The van der Waals surface area contributed by atoms with Gasteiger partial charge in [-0.1, -0.05) is 37.3 Å². The Morgan fingerprint density at radius 2 is 2.15 bits per heavy atom. The number of allylic oxidation sites excluding steroid dienone is 2. The highest BCUT2D eigenvalue weighted by Gasteiger charge is 2.28. The molecule has 2 atom stereocenters. The molecule has 1 aromatic rings. The number of nitrogens with one attached hydrogen (secondary N) is 1. The molecule has 0 saturated carbocycles. The maximum absolute atomic E-state index is 13.0. The third-order valence-corrected chi connectivity index (χ3v) is 4.68. The van der Waals surface area contributed by atoms with E-state index in [2.05, 4.69) is 5.32 Å². The van der Waals surface area contributed by atoms with Crippen molar-refractivity contribution in [2.45, 2.75) is 44.8 Å². The Bertz CT molecular complexity index is 777. The Morgan fingerprint density at radius 3 is 2.69 bits per heavy atom. The van der Waals surface area contributed by atoms with Crippen molar-refractivity contribution in [3.63, 3.8) is 0 Å². The van der Waals surface area contributed by atoms with Crippen molar-refractivity contribution in [3.8, 4) is 0 Å². The Hall–Kier alpha value is -2.33. The molecule has 1 aromatic carbocycles. The summed E-state index contributed by atoms with van der Waals surface area (Å²) >= 11 is 0. The van der Waals surface area contributed by atoms with E-state index >= 15 is 0 Å². The van der Waals surface area contributed by atoms with E-state index in [0.29, 0.717) is 18.5 Å². The summed E-state index contributed by atoms with van der Waals surface area (Å²) in [6.07, 6.45) is 9.57. The third kappa shape index (κ3) is 4.85. The number of rotatable bonds is 2. The van der Waals surface area contributed by atoms with Crippen LogP contribution in [0.15, 0.2) is 48.1 Å². The van der Waals surface area contributed by atoms with Crippen LogP contribution >= 0.6 is 0 Å². The number of aliphatic hydroxyl groups is 1. The maximum Gasteiger partial charge on any atom is 0.173 e. The minimum atomic E-state index is -0.547. The van der Waals surface area contributed by atoms with E-state index in [9.17, 15) is 19.1 Å². The van der Waals surface area contributed by atoms with E-state index in [-0.39, 0.29) is 17.2 Å². The van der Waals surface area contributed by atoms with Gasteiger partial charge in [0.1, 0.15) is 17.3 Å². The Labute approximate surface area is 153 Å². The molecule has 4 nitrogen and oxygen atoms in total. The van der Waals surface area contributed by atoms with Gasteiger partial charge in [-0.05, 0) is 43.0 Å². The molecule has 1 saturated heterocycles. The summed E-state index contributed by atoms with van der Waals surface area (Å²) in [6, 6.07) is 3.84. The lowest BCUT2D eigenvalue weighted by atomic mass is 9.89. The van der Waals surface area contributed by atoms with Crippen LogP contribution in [-0.2, 0) is 9.59 Å². The van der Waals surface area contributed by atoms with Gasteiger partial charge in [0.2, 0.25) is 0 Å². The first-order chi connectivity index (χ1) is 12.4. The number of carbonyl (C=O) groups is 1. The SMILES string of the molecule is CCC1(O)C=CC=CC1.Cc1cc(F)ccc1C1NCCC(=O)C1=C=O. The Kier molecular flexibility index (Phi) is 6.81. The van der Waals surface area contributed by atoms with Crippen molar-refractivity contribution in [1.82, 2.24) is 5.32 Å². The molecule has 2 aliphatic rings. The number of hydrogen-bond donors (Lipinski definition) is 2. The zero-order valence-corrected chi connectivity index (χ0v) is 15.1. The van der Waals surface area contributed by atoms with Gasteiger partial charge in [-0.15, -0.1) is 0 Å². The van der Waals surface area contributed by atoms with Gasteiger partial charge in [0.15, 0.2) is 5.78 Å². The molecule has 0 bridgehead atoms.